The highest BCUT2D eigenvalue weighted by Gasteiger charge is 2.25. The zero-order valence-corrected chi connectivity index (χ0v) is 17.5. The largest absolute Gasteiger partial charge is 0.411 e. The normalized spacial score (nSPS) is 12.4. The molecule has 0 saturated carbocycles. The molecular weight excluding hydrogens is 348 g/mol. The molecule has 1 aromatic rings. The summed E-state index contributed by atoms with van der Waals surface area (Å²) in [6.07, 6.45) is 2.38. The van der Waals surface area contributed by atoms with E-state index in [-0.39, 0.29) is 23.5 Å². The summed E-state index contributed by atoms with van der Waals surface area (Å²) in [5, 5.41) is 2.64. The molecule has 0 spiro atoms. The lowest BCUT2D eigenvalue weighted by Gasteiger charge is -2.26. The summed E-state index contributed by atoms with van der Waals surface area (Å²) in [6, 6.07) is 0. The summed E-state index contributed by atoms with van der Waals surface area (Å²) >= 11 is 0. The molecule has 0 unspecified atom stereocenters. The first-order valence-corrected chi connectivity index (χ1v) is 11.0. The van der Waals surface area contributed by atoms with Crippen LogP contribution in [0.1, 0.15) is 44.6 Å². The lowest BCUT2D eigenvalue weighted by Crippen LogP contribution is -2.25. The van der Waals surface area contributed by atoms with Crippen LogP contribution in [0.4, 0.5) is 5.95 Å². The van der Waals surface area contributed by atoms with Crippen LogP contribution in [0, 0.1) is 0 Å². The van der Waals surface area contributed by atoms with Crippen molar-refractivity contribution >= 4 is 27.2 Å². The van der Waals surface area contributed by atoms with Gasteiger partial charge in [0.25, 0.3) is 5.91 Å². The predicted octanol–water partition coefficient (Wildman–Crippen LogP) is 2.13. The monoisotopic (exact) mass is 377 g/mol. The maximum absolute atomic E-state index is 12.3. The van der Waals surface area contributed by atoms with Gasteiger partial charge in [-0.1, -0.05) is 27.7 Å². The van der Waals surface area contributed by atoms with E-state index in [1.165, 1.54) is 0 Å². The topological polar surface area (TPSA) is 107 Å². The van der Waals surface area contributed by atoms with Gasteiger partial charge in [0, 0.05) is 23.4 Å². The summed E-state index contributed by atoms with van der Waals surface area (Å²) < 4.78 is 5.85. The van der Waals surface area contributed by atoms with Gasteiger partial charge in [-0.05, 0) is 31.0 Å². The van der Waals surface area contributed by atoms with Gasteiger partial charge < -0.3 is 10.2 Å². The van der Waals surface area contributed by atoms with Crippen molar-refractivity contribution in [2.24, 2.45) is 5.73 Å². The maximum atomic E-state index is 12.3. The van der Waals surface area contributed by atoms with Gasteiger partial charge in [-0.2, -0.15) is 0 Å². The molecule has 0 bridgehead atoms. The molecule has 1 amide bonds. The van der Waals surface area contributed by atoms with Crippen molar-refractivity contribution in [3.8, 4) is 0 Å². The average Bonchev–Trinajstić information content (AvgIpc) is 2.55. The summed E-state index contributed by atoms with van der Waals surface area (Å²) in [4.78, 5) is 31.9. The van der Waals surface area contributed by atoms with Gasteiger partial charge in [0.2, 0.25) is 15.0 Å². The van der Waals surface area contributed by atoms with Crippen LogP contribution in [0.15, 0.2) is 11.6 Å². The van der Waals surface area contributed by atoms with Crippen molar-refractivity contribution in [2.75, 3.05) is 11.9 Å². The third-order valence-corrected chi connectivity index (χ3v) is 4.37. The zero-order valence-electron chi connectivity index (χ0n) is 16.5. The van der Waals surface area contributed by atoms with Gasteiger partial charge in [-0.25, -0.2) is 9.97 Å². The van der Waals surface area contributed by atoms with Crippen molar-refractivity contribution in [3.63, 3.8) is 0 Å². The number of aromatic nitrogens is 2. The number of nitrogens with one attached hydrogen (secondary N) is 1. The fourth-order valence-electron chi connectivity index (χ4n) is 2.55. The van der Waals surface area contributed by atoms with Gasteiger partial charge >= 0.3 is 0 Å². The predicted molar refractivity (Wildman–Crippen MR) is 104 cm³/mol. The maximum Gasteiger partial charge on any atom is 0.255 e. The van der Waals surface area contributed by atoms with E-state index in [9.17, 15) is 9.59 Å². The Labute approximate surface area is 157 Å². The molecule has 26 heavy (non-hydrogen) atoms. The molecule has 8 heteroatoms. The molecule has 0 aliphatic rings. The third kappa shape index (κ3) is 6.12. The van der Waals surface area contributed by atoms with Crippen LogP contribution in [0.2, 0.25) is 13.1 Å². The molecular formula is C18H29N4O3Si. The fourth-order valence-corrected chi connectivity index (χ4v) is 2.98. The van der Waals surface area contributed by atoms with Crippen molar-refractivity contribution in [1.29, 1.82) is 0 Å². The highest BCUT2D eigenvalue weighted by atomic mass is 28.3. The first kappa shape index (κ1) is 22.1. The van der Waals surface area contributed by atoms with Crippen LogP contribution in [-0.2, 0) is 32.5 Å². The SMILES string of the molecule is CCc1nc(NC(=O)/C(=C\C=O)CN)nc(CO[Si](C)C)c1C(C)(C)C. The molecule has 143 valence electrons. The van der Waals surface area contributed by atoms with Gasteiger partial charge in [0.15, 0.2) is 0 Å². The second kappa shape index (κ2) is 9.70. The number of carbonyl (C=O) groups is 2. The van der Waals surface area contributed by atoms with E-state index in [1.54, 1.807) is 0 Å². The summed E-state index contributed by atoms with van der Waals surface area (Å²) in [6.45, 7) is 12.8. The van der Waals surface area contributed by atoms with E-state index in [0.717, 1.165) is 23.0 Å². The number of aldehydes is 1. The standard InChI is InChI=1S/C18H29N4O3Si/c1-7-13-15(18(2,3)4)14(11-25-26(5)6)21-17(20-13)22-16(24)12(10-19)8-9-23/h8-9H,7,10-11,19H2,1-6H3,(H,20,21,22,24)/b12-8-. The van der Waals surface area contributed by atoms with Gasteiger partial charge in [0.1, 0.15) is 6.29 Å². The fraction of sp³-hybridized carbons (Fsp3) is 0.556. The number of carbonyl (C=O) groups excluding carboxylic acids is 2. The quantitative estimate of drug-likeness (QED) is 0.408. The van der Waals surface area contributed by atoms with E-state index in [1.807, 2.05) is 6.92 Å². The summed E-state index contributed by atoms with van der Waals surface area (Å²) in [5.74, 6) is -0.280. The Morgan fingerprint density at radius 3 is 2.35 bits per heavy atom. The molecule has 3 N–H and O–H groups in total. The molecule has 1 radical (unpaired) electrons. The summed E-state index contributed by atoms with van der Waals surface area (Å²) in [7, 11) is -0.885. The Morgan fingerprint density at radius 1 is 1.27 bits per heavy atom. The molecule has 0 fully saturated rings. The Morgan fingerprint density at radius 2 is 1.88 bits per heavy atom. The second-order valence-electron chi connectivity index (χ2n) is 7.10. The molecule has 0 atom stereocenters. The molecule has 0 aliphatic heterocycles. The van der Waals surface area contributed by atoms with Gasteiger partial charge in [-0.15, -0.1) is 0 Å². The van der Waals surface area contributed by atoms with E-state index >= 15 is 0 Å². The van der Waals surface area contributed by atoms with Crippen LogP contribution >= 0.6 is 0 Å². The van der Waals surface area contributed by atoms with Crippen molar-refractivity contribution in [1.82, 2.24) is 9.97 Å². The Balaban J connectivity index is 3.34. The number of nitrogens with two attached hydrogens (primary N) is 1. The molecule has 1 rings (SSSR count). The van der Waals surface area contributed by atoms with Crippen LogP contribution in [-0.4, -0.2) is 37.7 Å². The minimum Gasteiger partial charge on any atom is -0.411 e. The first-order valence-electron chi connectivity index (χ1n) is 8.63. The molecule has 1 aromatic heterocycles. The Kier molecular flexibility index (Phi) is 8.26. The van der Waals surface area contributed by atoms with Crippen LogP contribution < -0.4 is 11.1 Å². The van der Waals surface area contributed by atoms with Crippen LogP contribution in [0.5, 0.6) is 0 Å². The number of allylic oxidation sites excluding steroid dienone is 1. The van der Waals surface area contributed by atoms with Crippen molar-refractivity contribution in [3.05, 3.63) is 28.6 Å². The highest BCUT2D eigenvalue weighted by molar-refractivity contribution is 6.48. The average molecular weight is 378 g/mol. The second-order valence-corrected chi connectivity index (χ2v) is 9.21. The lowest BCUT2D eigenvalue weighted by molar-refractivity contribution is -0.113. The minimum atomic E-state index is -0.885. The number of anilines is 1. The molecule has 0 aromatic carbocycles. The number of rotatable bonds is 8. The van der Waals surface area contributed by atoms with Crippen LogP contribution in [0.3, 0.4) is 0 Å². The Hall–Kier alpha value is -1.90. The molecule has 1 heterocycles. The minimum absolute atomic E-state index is 0.0429. The van der Waals surface area contributed by atoms with E-state index in [0.29, 0.717) is 19.3 Å². The van der Waals surface area contributed by atoms with Crippen molar-refractivity contribution in [2.45, 2.75) is 59.2 Å². The van der Waals surface area contributed by atoms with Gasteiger partial charge in [-0.3, -0.25) is 14.9 Å². The van der Waals surface area contributed by atoms with Crippen molar-refractivity contribution < 1.29 is 14.0 Å². The van der Waals surface area contributed by atoms with E-state index in [2.05, 4.69) is 49.1 Å². The molecule has 0 saturated heterocycles. The number of hydrogen-bond donors (Lipinski definition) is 2. The van der Waals surface area contributed by atoms with E-state index in [4.69, 9.17) is 10.2 Å². The van der Waals surface area contributed by atoms with Gasteiger partial charge in [0.05, 0.1) is 12.3 Å². The highest BCUT2D eigenvalue weighted by Crippen LogP contribution is 2.29. The van der Waals surface area contributed by atoms with Crippen LogP contribution in [0.25, 0.3) is 0 Å². The lowest BCUT2D eigenvalue weighted by atomic mass is 9.84. The summed E-state index contributed by atoms with van der Waals surface area (Å²) in [5.41, 5.74) is 8.23. The zero-order chi connectivity index (χ0) is 19.9. The third-order valence-electron chi connectivity index (χ3n) is 3.65. The smallest absolute Gasteiger partial charge is 0.255 e. The molecule has 0 aliphatic carbocycles. The Bertz CT molecular complexity index is 682. The molecule has 7 nitrogen and oxygen atoms in total. The first-order chi connectivity index (χ1) is 12.1. The number of aryl methyl sites for hydroxylation is 1. The number of hydrogen-bond acceptors (Lipinski definition) is 6. The number of amides is 1. The van der Waals surface area contributed by atoms with E-state index < -0.39 is 14.9 Å². The number of nitrogens with zero attached hydrogens (tertiary/aromatic N) is 2.